The maximum absolute atomic E-state index is 12.6. The normalized spacial score (nSPS) is 12.2. The molecule has 40 heavy (non-hydrogen) atoms. The summed E-state index contributed by atoms with van der Waals surface area (Å²) in [7, 11) is 1.64. The molecule has 1 heterocycles. The summed E-state index contributed by atoms with van der Waals surface area (Å²) < 4.78 is 17.3. The largest absolute Gasteiger partial charge is 0.497 e. The molecule has 208 valence electrons. The Kier molecular flexibility index (Phi) is 8.82. The van der Waals surface area contributed by atoms with Crippen LogP contribution in [0.25, 0.3) is 22.3 Å². The summed E-state index contributed by atoms with van der Waals surface area (Å²) in [5, 5.41) is 10.9. The van der Waals surface area contributed by atoms with Crippen LogP contribution in [0.1, 0.15) is 49.4 Å². The number of rotatable bonds is 9. The number of carboxylic acids is 1. The maximum Gasteiger partial charge on any atom is 0.337 e. The fraction of sp³-hybridized carbons (Fsp3) is 0.273. The molecular weight excluding hydrogens is 526 g/mol. The number of ether oxygens (including phenoxy) is 3. The molecule has 0 bridgehead atoms. The van der Waals surface area contributed by atoms with Crippen LogP contribution in [0, 0.1) is 13.8 Å². The number of hydrogen-bond acceptors (Lipinski definition) is 5. The maximum atomic E-state index is 12.6. The van der Waals surface area contributed by atoms with Gasteiger partial charge in [0, 0.05) is 27.5 Å². The van der Waals surface area contributed by atoms with Gasteiger partial charge in [-0.25, -0.2) is 4.79 Å². The standard InChI is InChI=1S/C33H34ClNO5/c1-20-28(23-11-17-27(18-12-23)39-19-22-7-15-26(38-6)16-8-22)30(24-9-13-25(34)14-10-24)29(21(2)35-20)31(32(36)37)40-33(3,4)5/h7-18,31H,19H2,1-6H3,(H,36,37)/t31-/m0/s1. The lowest BCUT2D eigenvalue weighted by Crippen LogP contribution is -2.28. The zero-order valence-corrected chi connectivity index (χ0v) is 24.4. The highest BCUT2D eigenvalue weighted by Crippen LogP contribution is 2.43. The van der Waals surface area contributed by atoms with Crippen molar-refractivity contribution < 1.29 is 24.1 Å². The fourth-order valence-electron chi connectivity index (χ4n) is 4.65. The highest BCUT2D eigenvalue weighted by molar-refractivity contribution is 6.30. The predicted molar refractivity (Wildman–Crippen MR) is 158 cm³/mol. The molecule has 0 saturated carbocycles. The molecule has 0 amide bonds. The van der Waals surface area contributed by atoms with E-state index in [0.717, 1.165) is 39.3 Å². The lowest BCUT2D eigenvalue weighted by molar-refractivity contribution is -0.160. The van der Waals surface area contributed by atoms with E-state index in [9.17, 15) is 9.90 Å². The van der Waals surface area contributed by atoms with Gasteiger partial charge in [-0.05, 0) is 93.3 Å². The van der Waals surface area contributed by atoms with E-state index in [1.54, 1.807) is 19.2 Å². The Hall–Kier alpha value is -3.87. The van der Waals surface area contributed by atoms with Gasteiger partial charge in [-0.3, -0.25) is 4.98 Å². The van der Waals surface area contributed by atoms with Crippen molar-refractivity contribution >= 4 is 17.6 Å². The number of halogens is 1. The molecule has 0 radical (unpaired) electrons. The Morgan fingerprint density at radius 2 is 1.40 bits per heavy atom. The Balaban J connectivity index is 1.79. The number of aliphatic carboxylic acids is 1. The Labute approximate surface area is 240 Å². The van der Waals surface area contributed by atoms with Crippen LogP contribution >= 0.6 is 11.6 Å². The molecule has 1 atom stereocenters. The number of benzene rings is 3. The minimum Gasteiger partial charge on any atom is -0.497 e. The number of aromatic nitrogens is 1. The second-order valence-corrected chi connectivity index (χ2v) is 11.0. The third-order valence-corrected chi connectivity index (χ3v) is 6.66. The Morgan fingerprint density at radius 3 is 1.95 bits per heavy atom. The van der Waals surface area contributed by atoms with E-state index in [2.05, 4.69) is 0 Å². The second kappa shape index (κ2) is 12.1. The van der Waals surface area contributed by atoms with Gasteiger partial charge < -0.3 is 19.3 Å². The molecule has 4 aromatic rings. The summed E-state index contributed by atoms with van der Waals surface area (Å²) in [6.07, 6.45) is -1.22. The number of methoxy groups -OCH3 is 1. The van der Waals surface area contributed by atoms with Crippen LogP contribution < -0.4 is 9.47 Å². The highest BCUT2D eigenvalue weighted by Gasteiger charge is 2.33. The number of hydrogen-bond donors (Lipinski definition) is 1. The molecule has 6 nitrogen and oxygen atoms in total. The van der Waals surface area contributed by atoms with Crippen LogP contribution in [0.5, 0.6) is 11.5 Å². The Bertz CT molecular complexity index is 1470. The monoisotopic (exact) mass is 559 g/mol. The van der Waals surface area contributed by atoms with Gasteiger partial charge in [0.1, 0.15) is 18.1 Å². The van der Waals surface area contributed by atoms with E-state index >= 15 is 0 Å². The van der Waals surface area contributed by atoms with E-state index in [4.69, 9.17) is 30.8 Å². The number of aryl methyl sites for hydroxylation is 2. The van der Waals surface area contributed by atoms with Crippen molar-refractivity contribution in [3.8, 4) is 33.8 Å². The predicted octanol–water partition coefficient (Wildman–Crippen LogP) is 8.21. The molecule has 1 aromatic heterocycles. The molecule has 0 aliphatic heterocycles. The van der Waals surface area contributed by atoms with Gasteiger partial charge in [-0.2, -0.15) is 0 Å². The van der Waals surface area contributed by atoms with Crippen LogP contribution in [-0.2, 0) is 16.1 Å². The molecular formula is C33H34ClNO5. The lowest BCUT2D eigenvalue weighted by atomic mass is 9.86. The first-order valence-corrected chi connectivity index (χ1v) is 13.4. The van der Waals surface area contributed by atoms with Crippen molar-refractivity contribution in [2.24, 2.45) is 0 Å². The smallest absolute Gasteiger partial charge is 0.337 e. The van der Waals surface area contributed by atoms with Crippen LogP contribution in [-0.4, -0.2) is 28.8 Å². The van der Waals surface area contributed by atoms with Crippen LogP contribution in [0.3, 0.4) is 0 Å². The SMILES string of the molecule is COc1ccc(COc2ccc(-c3c(C)nc(C)c([C@H](OC(C)(C)C)C(=O)O)c3-c3ccc(Cl)cc3)cc2)cc1. The summed E-state index contributed by atoms with van der Waals surface area (Å²) >= 11 is 6.21. The van der Waals surface area contributed by atoms with Crippen molar-refractivity contribution in [2.45, 2.75) is 52.9 Å². The second-order valence-electron chi connectivity index (χ2n) is 10.6. The lowest BCUT2D eigenvalue weighted by Gasteiger charge is -2.29. The molecule has 0 unspecified atom stereocenters. The summed E-state index contributed by atoms with van der Waals surface area (Å²) in [5.74, 6) is 0.432. The van der Waals surface area contributed by atoms with Gasteiger partial charge in [0.25, 0.3) is 0 Å². The molecule has 0 aliphatic carbocycles. The van der Waals surface area contributed by atoms with Crippen molar-refractivity contribution in [1.82, 2.24) is 4.98 Å². The van der Waals surface area contributed by atoms with E-state index in [-0.39, 0.29) is 0 Å². The topological polar surface area (TPSA) is 77.9 Å². The first-order valence-electron chi connectivity index (χ1n) is 13.0. The van der Waals surface area contributed by atoms with Crippen molar-refractivity contribution in [2.75, 3.05) is 7.11 Å². The number of carboxylic acid groups (broad SMARTS) is 1. The first kappa shape index (κ1) is 29.1. The van der Waals surface area contributed by atoms with Crippen molar-refractivity contribution in [3.63, 3.8) is 0 Å². The van der Waals surface area contributed by atoms with E-state index in [1.807, 2.05) is 95.3 Å². The number of pyridine rings is 1. The van der Waals surface area contributed by atoms with E-state index in [0.29, 0.717) is 28.6 Å². The van der Waals surface area contributed by atoms with Crippen molar-refractivity contribution in [1.29, 1.82) is 0 Å². The molecule has 4 rings (SSSR count). The van der Waals surface area contributed by atoms with Crippen molar-refractivity contribution in [3.05, 3.63) is 100 Å². The zero-order valence-electron chi connectivity index (χ0n) is 23.6. The van der Waals surface area contributed by atoms with Gasteiger partial charge in [-0.15, -0.1) is 0 Å². The molecule has 7 heteroatoms. The summed E-state index contributed by atoms with van der Waals surface area (Å²) in [4.78, 5) is 17.4. The summed E-state index contributed by atoms with van der Waals surface area (Å²) in [6, 6.07) is 22.9. The molecule has 3 aromatic carbocycles. The molecule has 0 fully saturated rings. The number of carbonyl (C=O) groups is 1. The highest BCUT2D eigenvalue weighted by atomic mass is 35.5. The first-order chi connectivity index (χ1) is 19.0. The molecule has 0 aliphatic rings. The van der Waals surface area contributed by atoms with E-state index < -0.39 is 17.7 Å². The van der Waals surface area contributed by atoms with Gasteiger partial charge >= 0.3 is 5.97 Å². The third kappa shape index (κ3) is 6.82. The fourth-order valence-corrected chi connectivity index (χ4v) is 4.77. The average molecular weight is 560 g/mol. The third-order valence-electron chi connectivity index (χ3n) is 6.40. The minimum absolute atomic E-state index is 0.416. The summed E-state index contributed by atoms with van der Waals surface area (Å²) in [6.45, 7) is 9.69. The number of nitrogens with zero attached hydrogens (tertiary/aromatic N) is 1. The molecule has 0 saturated heterocycles. The minimum atomic E-state index is -1.22. The summed E-state index contributed by atoms with van der Waals surface area (Å²) in [5.41, 5.74) is 5.51. The Morgan fingerprint density at radius 1 is 0.850 bits per heavy atom. The van der Waals surface area contributed by atoms with Gasteiger partial charge in [-0.1, -0.05) is 48.0 Å². The van der Waals surface area contributed by atoms with Crippen LogP contribution in [0.15, 0.2) is 72.8 Å². The quantitative estimate of drug-likeness (QED) is 0.222. The van der Waals surface area contributed by atoms with Gasteiger partial charge in [0.15, 0.2) is 6.10 Å². The van der Waals surface area contributed by atoms with Crippen LogP contribution in [0.2, 0.25) is 5.02 Å². The van der Waals surface area contributed by atoms with E-state index in [1.165, 1.54) is 0 Å². The molecule has 1 N–H and O–H groups in total. The van der Waals surface area contributed by atoms with Gasteiger partial charge in [0.05, 0.1) is 12.7 Å². The molecule has 0 spiro atoms. The van der Waals surface area contributed by atoms with Gasteiger partial charge in [0.2, 0.25) is 0 Å². The average Bonchev–Trinajstić information content (AvgIpc) is 2.91. The van der Waals surface area contributed by atoms with Crippen LogP contribution in [0.4, 0.5) is 0 Å². The zero-order chi connectivity index (χ0) is 29.0.